The number of aromatic nitrogens is 2. The van der Waals surface area contributed by atoms with Gasteiger partial charge in [-0.2, -0.15) is 0 Å². The first-order valence-electron chi connectivity index (χ1n) is 12.3. The number of morpholine rings is 1. The molecule has 3 N–H and O–H groups in total. The number of hydrogen-bond donors (Lipinski definition) is 2. The predicted octanol–water partition coefficient (Wildman–Crippen LogP) is 4.50. The van der Waals surface area contributed by atoms with Gasteiger partial charge in [-0.1, -0.05) is 23.2 Å². The lowest BCUT2D eigenvalue weighted by molar-refractivity contribution is -0.915. The first kappa shape index (κ1) is 26.2. The summed E-state index contributed by atoms with van der Waals surface area (Å²) >= 11 is 12.2. The van der Waals surface area contributed by atoms with Crippen molar-refractivity contribution >= 4 is 45.6 Å². The molecule has 2 aliphatic heterocycles. The molecule has 1 aromatic heterocycles. The van der Waals surface area contributed by atoms with E-state index in [4.69, 9.17) is 43.3 Å². The number of ether oxygens (including phenoxy) is 3. The number of methoxy groups -OCH3 is 1. The Morgan fingerprint density at radius 1 is 1.16 bits per heavy atom. The van der Waals surface area contributed by atoms with Crippen molar-refractivity contribution in [2.75, 3.05) is 58.5 Å². The van der Waals surface area contributed by atoms with E-state index in [-0.39, 0.29) is 6.10 Å². The Hall–Kier alpha value is -2.44. The number of nitrogens with two attached hydrogens (primary N) is 1. The summed E-state index contributed by atoms with van der Waals surface area (Å²) in [7, 11) is 1.60. The highest BCUT2D eigenvalue weighted by molar-refractivity contribution is 6.42. The lowest BCUT2D eigenvalue weighted by atomic mass is 10.2. The summed E-state index contributed by atoms with van der Waals surface area (Å²) in [6, 6.07) is 9.00. The highest BCUT2D eigenvalue weighted by atomic mass is 35.5. The fourth-order valence-electron chi connectivity index (χ4n) is 4.91. The molecule has 10 nitrogen and oxygen atoms in total. The third-order valence-corrected chi connectivity index (χ3v) is 7.58. The number of nitrogens with zero attached hydrogens (tertiary/aromatic N) is 5. The van der Waals surface area contributed by atoms with Gasteiger partial charge in [0.2, 0.25) is 0 Å². The van der Waals surface area contributed by atoms with Gasteiger partial charge < -0.3 is 35.5 Å². The second kappa shape index (κ2) is 11.5. The molecule has 2 fully saturated rings. The molecular weight excluding hydrogens is 517 g/mol. The van der Waals surface area contributed by atoms with Crippen molar-refractivity contribution in [2.45, 2.75) is 18.9 Å². The van der Waals surface area contributed by atoms with Gasteiger partial charge in [0.1, 0.15) is 38.1 Å². The normalized spacial score (nSPS) is 22.3. The molecule has 3 aromatic rings. The van der Waals surface area contributed by atoms with E-state index in [1.54, 1.807) is 19.2 Å². The Bertz CT molecular complexity index is 1240. The average Bonchev–Trinajstić information content (AvgIpc) is 3.42. The second-order valence-electron chi connectivity index (χ2n) is 9.38. The summed E-state index contributed by atoms with van der Waals surface area (Å²) < 4.78 is 18.3. The second-order valence-corrected chi connectivity index (χ2v) is 10.2. The van der Waals surface area contributed by atoms with Gasteiger partial charge in [0, 0.05) is 30.2 Å². The Balaban J connectivity index is 1.31. The summed E-state index contributed by atoms with van der Waals surface area (Å²) in [5.41, 5.74) is 5.73. The van der Waals surface area contributed by atoms with Crippen LogP contribution in [0.25, 0.3) is 16.4 Å². The fraction of sp³-hybridized carbons (Fsp3) is 0.440. The predicted molar refractivity (Wildman–Crippen MR) is 144 cm³/mol. The minimum atomic E-state index is -0.152. The van der Waals surface area contributed by atoms with Crippen molar-refractivity contribution in [1.82, 2.24) is 14.9 Å². The van der Waals surface area contributed by atoms with Gasteiger partial charge in [0.25, 0.3) is 0 Å². The molecule has 0 radical (unpaired) electrons. The molecule has 0 aliphatic carbocycles. The third kappa shape index (κ3) is 6.01. The zero-order valence-corrected chi connectivity index (χ0v) is 22.2. The number of halogens is 2. The van der Waals surface area contributed by atoms with E-state index >= 15 is 0 Å². The van der Waals surface area contributed by atoms with Gasteiger partial charge in [-0.05, 0) is 37.1 Å². The Morgan fingerprint density at radius 3 is 2.76 bits per heavy atom. The van der Waals surface area contributed by atoms with Crippen molar-refractivity contribution in [2.24, 2.45) is 5.84 Å². The van der Waals surface area contributed by atoms with E-state index in [0.717, 1.165) is 37.4 Å². The first-order valence-corrected chi connectivity index (χ1v) is 13.0. The van der Waals surface area contributed by atoms with Gasteiger partial charge in [0.15, 0.2) is 11.5 Å². The Kier molecular flexibility index (Phi) is 8.15. The van der Waals surface area contributed by atoms with Crippen LogP contribution in [-0.4, -0.2) is 78.7 Å². The van der Waals surface area contributed by atoms with Gasteiger partial charge in [-0.25, -0.2) is 9.97 Å². The first-order chi connectivity index (χ1) is 18.0. The smallest absolute Gasteiger partial charge is 0.163 e. The van der Waals surface area contributed by atoms with Crippen molar-refractivity contribution in [3.63, 3.8) is 0 Å². The number of anilines is 2. The SMILES string of the molecule is COc1cc2c(Nc3ccc(Cl)c(Cl)c3)ncnc2cc1OCC1C[N+](CN2CCCC2)([N-]N)CCO1. The van der Waals surface area contributed by atoms with Crippen LogP contribution in [0.1, 0.15) is 12.8 Å². The maximum absolute atomic E-state index is 6.20. The maximum Gasteiger partial charge on any atom is 0.163 e. The van der Waals surface area contributed by atoms with E-state index in [1.165, 1.54) is 19.2 Å². The van der Waals surface area contributed by atoms with E-state index in [1.807, 2.05) is 18.2 Å². The molecule has 0 spiro atoms. The summed E-state index contributed by atoms with van der Waals surface area (Å²) in [5.74, 6) is 7.65. The van der Waals surface area contributed by atoms with Crippen molar-refractivity contribution in [3.8, 4) is 11.5 Å². The number of rotatable bonds is 9. The molecular formula is C25H31Cl2N7O3. The number of likely N-dealkylation sites (tertiary alicyclic amines) is 1. The van der Waals surface area contributed by atoms with Crippen LogP contribution >= 0.6 is 23.2 Å². The quantitative estimate of drug-likeness (QED) is 0.229. The van der Waals surface area contributed by atoms with Crippen LogP contribution in [0, 0.1) is 0 Å². The lowest BCUT2D eigenvalue weighted by Crippen LogP contribution is -2.60. The molecule has 0 saturated carbocycles. The van der Waals surface area contributed by atoms with E-state index in [0.29, 0.717) is 57.2 Å². The summed E-state index contributed by atoms with van der Waals surface area (Å²) in [6.45, 7) is 5.33. The van der Waals surface area contributed by atoms with E-state index in [9.17, 15) is 0 Å². The molecule has 198 valence electrons. The zero-order chi connectivity index (χ0) is 25.8. The van der Waals surface area contributed by atoms with Crippen LogP contribution in [0.5, 0.6) is 11.5 Å². The molecule has 2 unspecified atom stereocenters. The number of hydrogen-bond acceptors (Lipinski definition) is 8. The third-order valence-electron chi connectivity index (χ3n) is 6.84. The summed E-state index contributed by atoms with van der Waals surface area (Å²) in [6.07, 6.45) is 3.80. The van der Waals surface area contributed by atoms with Crippen molar-refractivity contribution in [3.05, 3.63) is 52.2 Å². The van der Waals surface area contributed by atoms with Crippen LogP contribution in [0.4, 0.5) is 11.5 Å². The summed E-state index contributed by atoms with van der Waals surface area (Å²) in [5, 5.41) is 4.98. The Morgan fingerprint density at radius 2 is 2.00 bits per heavy atom. The molecule has 2 aromatic carbocycles. The van der Waals surface area contributed by atoms with Crippen LogP contribution < -0.4 is 20.6 Å². The standard InChI is InChI=1S/C25H31Cl2N7O3/c1-35-23-11-19-22(29-15-30-25(19)31-17-4-5-20(26)21(27)10-17)12-24(23)37-14-18-13-34(32-28,8-9-36-18)16-33-6-2-3-7-33/h4-5,10-12,15,18H,2-3,6-9,13-14,16,28H2,1H3,(H,29,30,31). The molecule has 37 heavy (non-hydrogen) atoms. The molecule has 5 rings (SSSR count). The molecule has 3 heterocycles. The molecule has 0 bridgehead atoms. The molecule has 0 amide bonds. The van der Waals surface area contributed by atoms with Gasteiger partial charge >= 0.3 is 0 Å². The topological polar surface area (TPSA) is 109 Å². The average molecular weight is 548 g/mol. The largest absolute Gasteiger partial charge is 0.493 e. The number of quaternary nitrogens is 1. The van der Waals surface area contributed by atoms with Gasteiger partial charge in [-0.15, -0.1) is 0 Å². The van der Waals surface area contributed by atoms with E-state index in [2.05, 4.69) is 25.7 Å². The van der Waals surface area contributed by atoms with Crippen LogP contribution in [0.2, 0.25) is 10.0 Å². The zero-order valence-electron chi connectivity index (χ0n) is 20.7. The molecule has 2 aliphatic rings. The minimum Gasteiger partial charge on any atom is -0.493 e. The molecule has 2 saturated heterocycles. The number of benzene rings is 2. The van der Waals surface area contributed by atoms with Gasteiger partial charge in [0.05, 0.1) is 35.8 Å². The van der Waals surface area contributed by atoms with Crippen molar-refractivity contribution < 1.29 is 18.8 Å². The van der Waals surface area contributed by atoms with Gasteiger partial charge in [-0.3, -0.25) is 4.90 Å². The number of nitrogens with one attached hydrogen (secondary N) is 1. The monoisotopic (exact) mass is 547 g/mol. The maximum atomic E-state index is 6.20. The minimum absolute atomic E-state index is 0.152. The highest BCUT2D eigenvalue weighted by Crippen LogP contribution is 2.36. The van der Waals surface area contributed by atoms with Crippen LogP contribution in [0.3, 0.4) is 0 Å². The molecule has 2 atom stereocenters. The van der Waals surface area contributed by atoms with Crippen molar-refractivity contribution in [1.29, 1.82) is 0 Å². The number of fused-ring (bicyclic) bond motifs is 1. The van der Waals surface area contributed by atoms with Crippen LogP contribution in [0.15, 0.2) is 36.7 Å². The lowest BCUT2D eigenvalue weighted by Gasteiger charge is -2.52. The fourth-order valence-corrected chi connectivity index (χ4v) is 5.21. The summed E-state index contributed by atoms with van der Waals surface area (Å²) in [4.78, 5) is 11.3. The Labute approximate surface area is 226 Å². The van der Waals surface area contributed by atoms with Crippen LogP contribution in [-0.2, 0) is 4.74 Å². The van der Waals surface area contributed by atoms with E-state index < -0.39 is 0 Å². The highest BCUT2D eigenvalue weighted by Gasteiger charge is 2.33. The molecule has 12 heteroatoms.